The van der Waals surface area contributed by atoms with E-state index in [-0.39, 0.29) is 18.6 Å². The summed E-state index contributed by atoms with van der Waals surface area (Å²) < 4.78 is 27.1. The first-order chi connectivity index (χ1) is 15.6. The van der Waals surface area contributed by atoms with E-state index in [1.165, 1.54) is 14.2 Å². The van der Waals surface area contributed by atoms with Crippen LogP contribution in [-0.2, 0) is 35.1 Å². The van der Waals surface area contributed by atoms with Gasteiger partial charge < -0.3 is 33.9 Å². The third-order valence-corrected chi connectivity index (χ3v) is 4.71. The molecule has 0 bridgehead atoms. The lowest BCUT2D eigenvalue weighted by Gasteiger charge is -2.30. The van der Waals surface area contributed by atoms with Gasteiger partial charge in [0.25, 0.3) is 0 Å². The fraction of sp³-hybridized carbons (Fsp3) is 0.667. The fourth-order valence-corrected chi connectivity index (χ4v) is 3.03. The molecule has 0 saturated carbocycles. The van der Waals surface area contributed by atoms with Crippen molar-refractivity contribution in [1.82, 2.24) is 10.2 Å². The molecule has 9 heteroatoms. The number of rotatable bonds is 14. The Bertz CT molecular complexity index is 690. The van der Waals surface area contributed by atoms with E-state index < -0.39 is 24.0 Å². The van der Waals surface area contributed by atoms with Gasteiger partial charge in [0, 0.05) is 27.9 Å². The number of nitrogens with zero attached hydrogens (tertiary/aromatic N) is 1. The van der Waals surface area contributed by atoms with Gasteiger partial charge in [-0.2, -0.15) is 0 Å². The van der Waals surface area contributed by atoms with Crippen LogP contribution in [0.15, 0.2) is 30.3 Å². The Morgan fingerprint density at radius 1 is 1.06 bits per heavy atom. The molecule has 0 heterocycles. The van der Waals surface area contributed by atoms with E-state index in [1.54, 1.807) is 39.7 Å². The summed E-state index contributed by atoms with van der Waals surface area (Å²) in [6.45, 7) is 8.30. The average Bonchev–Trinajstić information content (AvgIpc) is 2.76. The van der Waals surface area contributed by atoms with Crippen LogP contribution in [0.5, 0.6) is 0 Å². The van der Waals surface area contributed by atoms with Crippen molar-refractivity contribution < 1.29 is 33.3 Å². The predicted octanol–water partition coefficient (Wildman–Crippen LogP) is 2.97. The van der Waals surface area contributed by atoms with Crippen LogP contribution in [0.4, 0.5) is 4.79 Å². The van der Waals surface area contributed by atoms with E-state index in [1.807, 2.05) is 30.3 Å². The molecule has 9 nitrogen and oxygen atoms in total. The highest BCUT2D eigenvalue weighted by molar-refractivity contribution is 5.85. The van der Waals surface area contributed by atoms with Gasteiger partial charge in [-0.05, 0) is 39.7 Å². The summed E-state index contributed by atoms with van der Waals surface area (Å²) in [6.07, 6.45) is -0.940. The van der Waals surface area contributed by atoms with Gasteiger partial charge in [-0.1, -0.05) is 30.3 Å². The van der Waals surface area contributed by atoms with Crippen LogP contribution in [0.25, 0.3) is 0 Å². The first-order valence-electron chi connectivity index (χ1n) is 11.1. The third-order valence-electron chi connectivity index (χ3n) is 4.71. The minimum atomic E-state index is -0.791. The van der Waals surface area contributed by atoms with E-state index in [0.717, 1.165) is 5.56 Å². The molecular formula is C24H40N2O7. The highest BCUT2D eigenvalue weighted by Gasteiger charge is 2.27. The topological polar surface area (TPSA) is 95.6 Å². The molecule has 0 radical (unpaired) electrons. The Labute approximate surface area is 197 Å². The Kier molecular flexibility index (Phi) is 13.0. The van der Waals surface area contributed by atoms with Crippen LogP contribution in [0, 0.1) is 0 Å². The summed E-state index contributed by atoms with van der Waals surface area (Å²) in [7, 11) is 4.63. The van der Waals surface area contributed by atoms with Crippen LogP contribution in [0.3, 0.4) is 0 Å². The van der Waals surface area contributed by atoms with E-state index in [2.05, 4.69) is 5.32 Å². The van der Waals surface area contributed by atoms with E-state index >= 15 is 0 Å². The summed E-state index contributed by atoms with van der Waals surface area (Å²) in [5.74, 6) is -0.279. The van der Waals surface area contributed by atoms with Gasteiger partial charge in [-0.25, -0.2) is 4.79 Å². The maximum Gasteiger partial charge on any atom is 0.408 e. The second kappa shape index (κ2) is 14.8. The van der Waals surface area contributed by atoms with E-state index in [9.17, 15) is 9.59 Å². The third kappa shape index (κ3) is 12.0. The zero-order valence-electron chi connectivity index (χ0n) is 21.0. The average molecular weight is 469 g/mol. The number of hydrogen-bond donors (Lipinski definition) is 1. The second-order valence-corrected chi connectivity index (χ2v) is 8.72. The minimum absolute atomic E-state index is 0.199. The molecule has 0 aliphatic heterocycles. The fourth-order valence-electron chi connectivity index (χ4n) is 3.03. The van der Waals surface area contributed by atoms with Crippen LogP contribution < -0.4 is 5.32 Å². The summed E-state index contributed by atoms with van der Waals surface area (Å²) >= 11 is 0. The molecule has 0 aliphatic carbocycles. The minimum Gasteiger partial charge on any atom is -0.444 e. The monoisotopic (exact) mass is 468 g/mol. The Morgan fingerprint density at radius 2 is 1.70 bits per heavy atom. The molecule has 0 aromatic heterocycles. The molecule has 1 aromatic rings. The van der Waals surface area contributed by atoms with Crippen molar-refractivity contribution in [3.05, 3.63) is 35.9 Å². The van der Waals surface area contributed by atoms with Crippen LogP contribution in [0.2, 0.25) is 0 Å². The van der Waals surface area contributed by atoms with Crippen molar-refractivity contribution in [3.8, 4) is 0 Å². The number of carbonyl (C=O) groups is 2. The number of methoxy groups -OCH3 is 3. The standard InChI is InChI=1S/C24H40N2O7/c1-18(25-23(28)33-24(2,3)4)22(27)26(15-21(30-6)31-7)14-13-20(17-29-5)32-16-19-11-9-8-10-12-19/h8-12,18,20-21H,13-17H2,1-7H3,(H,25,28). The van der Waals surface area contributed by atoms with Gasteiger partial charge in [-0.15, -0.1) is 0 Å². The zero-order valence-corrected chi connectivity index (χ0v) is 21.0. The number of carbonyl (C=O) groups excluding carboxylic acids is 2. The van der Waals surface area contributed by atoms with Crippen molar-refractivity contribution in [3.63, 3.8) is 0 Å². The summed E-state index contributed by atoms with van der Waals surface area (Å²) in [6, 6.07) is 9.06. The maximum absolute atomic E-state index is 13.1. The van der Waals surface area contributed by atoms with Crippen molar-refractivity contribution in [2.24, 2.45) is 0 Å². The van der Waals surface area contributed by atoms with Crippen molar-refractivity contribution in [2.75, 3.05) is 41.0 Å². The Morgan fingerprint density at radius 3 is 2.24 bits per heavy atom. The lowest BCUT2D eigenvalue weighted by Crippen LogP contribution is -2.51. The smallest absolute Gasteiger partial charge is 0.408 e. The number of ether oxygens (including phenoxy) is 5. The molecule has 0 aliphatic rings. The Balaban J connectivity index is 2.79. The molecule has 1 rings (SSSR count). The van der Waals surface area contributed by atoms with Gasteiger partial charge in [0.05, 0.1) is 25.9 Å². The first-order valence-corrected chi connectivity index (χ1v) is 11.1. The molecular weight excluding hydrogens is 428 g/mol. The molecule has 1 aromatic carbocycles. The van der Waals surface area contributed by atoms with Gasteiger partial charge in [0.15, 0.2) is 6.29 Å². The number of amides is 2. The molecule has 1 N–H and O–H groups in total. The Hall–Kier alpha value is -2.20. The van der Waals surface area contributed by atoms with Crippen molar-refractivity contribution in [1.29, 1.82) is 0 Å². The molecule has 0 saturated heterocycles. The van der Waals surface area contributed by atoms with Crippen molar-refractivity contribution in [2.45, 2.75) is 64.8 Å². The molecule has 2 amide bonds. The van der Waals surface area contributed by atoms with E-state index in [4.69, 9.17) is 23.7 Å². The number of nitrogens with one attached hydrogen (secondary N) is 1. The van der Waals surface area contributed by atoms with Gasteiger partial charge in [0.2, 0.25) is 5.91 Å². The molecule has 0 spiro atoms. The quantitative estimate of drug-likeness (QED) is 0.419. The summed E-state index contributed by atoms with van der Waals surface area (Å²) in [5, 5.41) is 2.60. The van der Waals surface area contributed by atoms with Crippen LogP contribution in [0.1, 0.15) is 39.7 Å². The normalized spacial score (nSPS) is 13.5. The molecule has 188 valence electrons. The van der Waals surface area contributed by atoms with Crippen LogP contribution in [-0.4, -0.2) is 82.0 Å². The lowest BCUT2D eigenvalue weighted by molar-refractivity contribution is -0.148. The zero-order chi connectivity index (χ0) is 24.9. The molecule has 33 heavy (non-hydrogen) atoms. The SMILES string of the molecule is COCC(CCN(CC(OC)OC)C(=O)C(C)NC(=O)OC(C)(C)C)OCc1ccccc1. The highest BCUT2D eigenvalue weighted by Crippen LogP contribution is 2.11. The molecule has 0 fully saturated rings. The molecule has 2 atom stereocenters. The molecule has 2 unspecified atom stereocenters. The highest BCUT2D eigenvalue weighted by atomic mass is 16.7. The predicted molar refractivity (Wildman–Crippen MR) is 125 cm³/mol. The van der Waals surface area contributed by atoms with Crippen molar-refractivity contribution >= 4 is 12.0 Å². The number of hydrogen-bond acceptors (Lipinski definition) is 7. The van der Waals surface area contributed by atoms with E-state index in [0.29, 0.717) is 26.2 Å². The van der Waals surface area contributed by atoms with Gasteiger partial charge in [0.1, 0.15) is 11.6 Å². The maximum atomic E-state index is 13.1. The van der Waals surface area contributed by atoms with Crippen LogP contribution >= 0.6 is 0 Å². The number of benzene rings is 1. The number of alkyl carbamates (subject to hydrolysis) is 1. The van der Waals surface area contributed by atoms with Gasteiger partial charge in [-0.3, -0.25) is 4.79 Å². The largest absolute Gasteiger partial charge is 0.444 e. The summed E-state index contributed by atoms with van der Waals surface area (Å²) in [5.41, 5.74) is 0.397. The first kappa shape index (κ1) is 28.8. The lowest BCUT2D eigenvalue weighted by atomic mass is 10.2. The van der Waals surface area contributed by atoms with Gasteiger partial charge >= 0.3 is 6.09 Å². The summed E-state index contributed by atoms with van der Waals surface area (Å²) in [4.78, 5) is 26.8. The second-order valence-electron chi connectivity index (χ2n) is 8.72.